The monoisotopic (exact) mass is 625 g/mol. The number of likely N-dealkylation sites (N-methyl/N-ethyl adjacent to an activating group) is 1. The molecule has 18 heteroatoms. The van der Waals surface area contributed by atoms with E-state index in [0.29, 0.717) is 4.57 Å². The number of imidazole rings is 1. The first kappa shape index (κ1) is 33.2. The third-order valence-electron chi connectivity index (χ3n) is 6.14. The van der Waals surface area contributed by atoms with Gasteiger partial charge in [-0.05, 0) is 37.0 Å². The Kier molecular flexibility index (Phi) is 10.8. The summed E-state index contributed by atoms with van der Waals surface area (Å²) in [5, 5.41) is 16.8. The molecule has 0 radical (unpaired) electrons. The summed E-state index contributed by atoms with van der Waals surface area (Å²) in [4.78, 5) is 69.3. The molecule has 0 aliphatic heterocycles. The molecular weight excluding hydrogens is 598 g/mol. The number of rotatable bonds is 11. The van der Waals surface area contributed by atoms with Gasteiger partial charge in [0.15, 0.2) is 0 Å². The van der Waals surface area contributed by atoms with Gasteiger partial charge < -0.3 is 25.8 Å². The lowest BCUT2D eigenvalue weighted by molar-refractivity contribution is -0.134. The number of amides is 3. The number of allylic oxidation sites excluding steroid dienone is 1. The second-order valence-electron chi connectivity index (χ2n) is 9.21. The number of halogens is 4. The van der Waals surface area contributed by atoms with Crippen LogP contribution in [0.1, 0.15) is 30.7 Å². The van der Waals surface area contributed by atoms with E-state index in [0.717, 1.165) is 36.3 Å². The van der Waals surface area contributed by atoms with Crippen LogP contribution >= 0.6 is 0 Å². The Balaban J connectivity index is 1.91. The molecule has 2 heterocycles. The number of aromatic nitrogens is 4. The average Bonchev–Trinajstić information content (AvgIpc) is 3.32. The van der Waals surface area contributed by atoms with E-state index in [1.165, 1.54) is 19.2 Å². The highest BCUT2D eigenvalue weighted by atomic mass is 19.4. The zero-order valence-corrected chi connectivity index (χ0v) is 23.3. The molecule has 4 N–H and O–H groups in total. The standard InChI is InChI=1S/C26H27F4N7O7/c1-31-20(38)6-4-3-5-16(34-24(41)44-2)22(39)33-17-11-32-13-36(23(17)40)12-19-35-21-14(7-8-26(28,29)30)9-15(27)10-18(21)37(19)25(42)43/h4,6,9-11,13,16H,3,5,7-8,12H2,1-2H3,(H,31,38)(H,33,39)(H,34,41)(H,42,43)/b6-4+/t16-/m0/s1. The number of methoxy groups -OCH3 is 1. The smallest absolute Gasteiger partial charge is 0.417 e. The van der Waals surface area contributed by atoms with Crippen LogP contribution in [-0.2, 0) is 27.3 Å². The molecule has 3 aromatic rings. The molecule has 3 amide bonds. The third kappa shape index (κ3) is 8.62. The van der Waals surface area contributed by atoms with Crippen LogP contribution in [0.15, 0.2) is 41.6 Å². The van der Waals surface area contributed by atoms with Crippen LogP contribution in [0.25, 0.3) is 11.0 Å². The second-order valence-corrected chi connectivity index (χ2v) is 9.21. The summed E-state index contributed by atoms with van der Waals surface area (Å²) in [5.74, 6) is -2.55. The van der Waals surface area contributed by atoms with Crippen molar-refractivity contribution in [2.24, 2.45) is 0 Å². The van der Waals surface area contributed by atoms with Crippen LogP contribution in [-0.4, -0.2) is 74.6 Å². The molecular formula is C26H27F4N7O7. The SMILES string of the molecule is CNC(=O)/C=C/CC[C@H](NC(=O)OC)C(=O)Nc1cncn(Cc2nc3c(CCC(F)(F)F)cc(F)cc3n2C(=O)O)c1=O. The quantitative estimate of drug-likeness (QED) is 0.184. The normalized spacial score (nSPS) is 12.2. The molecule has 0 unspecified atom stereocenters. The number of hydrogen-bond donors (Lipinski definition) is 4. The minimum absolute atomic E-state index is 0.00124. The Hall–Kier alpha value is -5.29. The van der Waals surface area contributed by atoms with Crippen molar-refractivity contribution in [1.29, 1.82) is 0 Å². The van der Waals surface area contributed by atoms with Crippen molar-refractivity contribution in [1.82, 2.24) is 29.7 Å². The van der Waals surface area contributed by atoms with Gasteiger partial charge in [-0.15, -0.1) is 0 Å². The predicted octanol–water partition coefficient (Wildman–Crippen LogP) is 2.55. The number of hydrogen-bond acceptors (Lipinski definition) is 8. The number of aryl methyl sites for hydroxylation is 1. The van der Waals surface area contributed by atoms with E-state index in [1.54, 1.807) is 0 Å². The van der Waals surface area contributed by atoms with Gasteiger partial charge in [0.05, 0.1) is 37.2 Å². The van der Waals surface area contributed by atoms with Crippen molar-refractivity contribution >= 4 is 40.7 Å². The van der Waals surface area contributed by atoms with Gasteiger partial charge in [-0.1, -0.05) is 6.08 Å². The van der Waals surface area contributed by atoms with Gasteiger partial charge in [-0.2, -0.15) is 13.2 Å². The Morgan fingerprint density at radius 2 is 1.93 bits per heavy atom. The number of carboxylic acid groups (broad SMARTS) is 1. The maximum absolute atomic E-state index is 14.3. The zero-order chi connectivity index (χ0) is 32.6. The molecule has 0 fully saturated rings. The Morgan fingerprint density at radius 3 is 2.57 bits per heavy atom. The van der Waals surface area contributed by atoms with Crippen LogP contribution in [0.5, 0.6) is 0 Å². The number of ether oxygens (including phenoxy) is 1. The minimum atomic E-state index is -4.56. The fourth-order valence-corrected chi connectivity index (χ4v) is 4.07. The van der Waals surface area contributed by atoms with Crippen LogP contribution in [0.2, 0.25) is 0 Å². The van der Waals surface area contributed by atoms with E-state index in [2.05, 4.69) is 30.7 Å². The lowest BCUT2D eigenvalue weighted by atomic mass is 10.1. The molecule has 0 aliphatic rings. The molecule has 1 atom stereocenters. The van der Waals surface area contributed by atoms with Gasteiger partial charge in [0.25, 0.3) is 5.56 Å². The van der Waals surface area contributed by atoms with Crippen molar-refractivity contribution in [3.8, 4) is 0 Å². The van der Waals surface area contributed by atoms with Gasteiger partial charge in [-0.3, -0.25) is 19.0 Å². The molecule has 0 saturated heterocycles. The largest absolute Gasteiger partial charge is 0.464 e. The molecule has 236 valence electrons. The summed E-state index contributed by atoms with van der Waals surface area (Å²) in [6, 6.07) is 0.409. The van der Waals surface area contributed by atoms with E-state index in [4.69, 9.17) is 0 Å². The van der Waals surface area contributed by atoms with Gasteiger partial charge in [0.2, 0.25) is 11.8 Å². The number of carbonyl (C=O) groups excluding carboxylic acids is 3. The maximum Gasteiger partial charge on any atom is 0.417 e. The molecule has 0 saturated carbocycles. The molecule has 1 aromatic carbocycles. The van der Waals surface area contributed by atoms with Crippen molar-refractivity contribution < 1.29 is 46.6 Å². The maximum atomic E-state index is 14.3. The predicted molar refractivity (Wildman–Crippen MR) is 145 cm³/mol. The van der Waals surface area contributed by atoms with Crippen LogP contribution in [0, 0.1) is 5.82 Å². The lowest BCUT2D eigenvalue weighted by Gasteiger charge is -2.17. The minimum Gasteiger partial charge on any atom is -0.464 e. The molecule has 0 bridgehead atoms. The van der Waals surface area contributed by atoms with E-state index in [9.17, 15) is 46.6 Å². The van der Waals surface area contributed by atoms with Gasteiger partial charge in [-0.25, -0.2) is 28.5 Å². The highest BCUT2D eigenvalue weighted by molar-refractivity contribution is 5.96. The Bertz CT molecular complexity index is 1650. The van der Waals surface area contributed by atoms with Gasteiger partial charge in [0, 0.05) is 19.5 Å². The highest BCUT2D eigenvalue weighted by Crippen LogP contribution is 2.27. The van der Waals surface area contributed by atoms with E-state index >= 15 is 0 Å². The number of carbonyl (C=O) groups is 4. The summed E-state index contributed by atoms with van der Waals surface area (Å²) >= 11 is 0. The summed E-state index contributed by atoms with van der Waals surface area (Å²) in [5.41, 5.74) is -1.94. The fraction of sp³-hybridized carbons (Fsp3) is 0.346. The first-order chi connectivity index (χ1) is 20.7. The summed E-state index contributed by atoms with van der Waals surface area (Å²) in [6.07, 6.45) is -4.25. The third-order valence-corrected chi connectivity index (χ3v) is 6.14. The molecule has 14 nitrogen and oxygen atoms in total. The van der Waals surface area contributed by atoms with Crippen molar-refractivity contribution in [3.63, 3.8) is 0 Å². The van der Waals surface area contributed by atoms with E-state index in [-0.39, 0.29) is 46.9 Å². The van der Waals surface area contributed by atoms with Gasteiger partial charge in [0.1, 0.15) is 23.4 Å². The Labute approximate surface area is 245 Å². The van der Waals surface area contributed by atoms with E-state index in [1.807, 2.05) is 0 Å². The molecule has 0 aliphatic carbocycles. The molecule has 3 rings (SSSR count). The highest BCUT2D eigenvalue weighted by Gasteiger charge is 2.28. The Morgan fingerprint density at radius 1 is 1.20 bits per heavy atom. The second kappa shape index (κ2) is 14.3. The number of alkyl halides is 3. The number of anilines is 1. The van der Waals surface area contributed by atoms with Crippen molar-refractivity contribution in [2.45, 2.75) is 44.4 Å². The first-order valence-corrected chi connectivity index (χ1v) is 12.8. The number of nitrogens with zero attached hydrogens (tertiary/aromatic N) is 4. The number of nitrogens with one attached hydrogen (secondary N) is 3. The van der Waals surface area contributed by atoms with Crippen LogP contribution in [0.4, 0.5) is 32.8 Å². The summed E-state index contributed by atoms with van der Waals surface area (Å²) in [6.45, 7) is -0.578. The lowest BCUT2D eigenvalue weighted by Crippen LogP contribution is -2.44. The summed E-state index contributed by atoms with van der Waals surface area (Å²) < 4.78 is 58.7. The van der Waals surface area contributed by atoms with Crippen molar-refractivity contribution in [2.75, 3.05) is 19.5 Å². The summed E-state index contributed by atoms with van der Waals surface area (Å²) in [7, 11) is 2.50. The number of fused-ring (bicyclic) bond motifs is 1. The number of benzene rings is 1. The number of alkyl carbamates (subject to hydrolysis) is 1. The fourth-order valence-electron chi connectivity index (χ4n) is 4.07. The van der Waals surface area contributed by atoms with E-state index < -0.39 is 61.1 Å². The van der Waals surface area contributed by atoms with Crippen molar-refractivity contribution in [3.05, 3.63) is 64.4 Å². The topological polar surface area (TPSA) is 187 Å². The van der Waals surface area contributed by atoms with Crippen LogP contribution < -0.4 is 21.5 Å². The molecule has 44 heavy (non-hydrogen) atoms. The molecule has 2 aromatic heterocycles. The van der Waals surface area contributed by atoms with Gasteiger partial charge >= 0.3 is 18.4 Å². The average molecular weight is 626 g/mol. The zero-order valence-electron chi connectivity index (χ0n) is 23.3. The van der Waals surface area contributed by atoms with Crippen LogP contribution in [0.3, 0.4) is 0 Å². The first-order valence-electron chi connectivity index (χ1n) is 12.8. The molecule has 0 spiro atoms.